The van der Waals surface area contributed by atoms with Gasteiger partial charge in [0.2, 0.25) is 11.8 Å². The summed E-state index contributed by atoms with van der Waals surface area (Å²) in [7, 11) is 2.71. The molecule has 2 heterocycles. The fourth-order valence-corrected chi connectivity index (χ4v) is 8.02. The number of ether oxygens (including phenoxy) is 1. The summed E-state index contributed by atoms with van der Waals surface area (Å²) in [5.41, 5.74) is 0.735. The van der Waals surface area contributed by atoms with Gasteiger partial charge in [0.05, 0.1) is 30.2 Å². The van der Waals surface area contributed by atoms with E-state index < -0.39 is 63.0 Å². The molecular weight excluding hydrogens is 575 g/mol. The van der Waals surface area contributed by atoms with Gasteiger partial charge in [-0.15, -0.1) is 23.2 Å². The van der Waals surface area contributed by atoms with Crippen LogP contribution in [-0.2, 0) is 19.2 Å². The van der Waals surface area contributed by atoms with E-state index in [0.717, 1.165) is 9.80 Å². The van der Waals surface area contributed by atoms with Crippen LogP contribution in [0.25, 0.3) is 0 Å². The maximum Gasteiger partial charge on any atom is 0.335 e. The summed E-state index contributed by atoms with van der Waals surface area (Å²) in [6.45, 7) is 0. The van der Waals surface area contributed by atoms with Gasteiger partial charge in [0.25, 0.3) is 11.8 Å². The van der Waals surface area contributed by atoms with Crippen molar-refractivity contribution in [1.82, 2.24) is 4.90 Å². The number of aromatic carboxylic acids is 1. The molecule has 4 aliphatic rings. The minimum absolute atomic E-state index is 0.0900. The predicted molar refractivity (Wildman–Crippen MR) is 146 cm³/mol. The quantitative estimate of drug-likeness (QED) is 0.310. The molecule has 1 saturated carbocycles. The lowest BCUT2D eigenvalue weighted by Crippen LogP contribution is -2.60. The molecule has 12 heteroatoms. The number of hydrogen-bond acceptors (Lipinski definition) is 7. The third-order valence-corrected chi connectivity index (χ3v) is 10.3. The van der Waals surface area contributed by atoms with Crippen molar-refractivity contribution >= 4 is 58.5 Å². The smallest absolute Gasteiger partial charge is 0.335 e. The SMILES string of the molecule is COc1ccc(O)c([C@H]2C3=CC[C@@H]4C(=O)N(c5cccc(C(=O)O)c5)C(=O)[C@@H]4[C@@H]3C[C@@]3(Cl)C(=O)N(C)C(=O)[C@@]23Cl)c1. The molecule has 0 aromatic heterocycles. The zero-order chi connectivity index (χ0) is 29.6. The second-order valence-corrected chi connectivity index (χ2v) is 12.0. The minimum Gasteiger partial charge on any atom is -0.508 e. The van der Waals surface area contributed by atoms with E-state index in [2.05, 4.69) is 0 Å². The monoisotopic (exact) mass is 598 g/mol. The number of carboxylic acids is 1. The van der Waals surface area contributed by atoms with Gasteiger partial charge in [-0.05, 0) is 55.2 Å². The number of carboxylic acid groups (broad SMARTS) is 1. The Labute approximate surface area is 244 Å². The highest BCUT2D eigenvalue weighted by molar-refractivity contribution is 6.53. The number of imide groups is 2. The van der Waals surface area contributed by atoms with E-state index in [0.29, 0.717) is 11.3 Å². The average molecular weight is 599 g/mol. The Morgan fingerprint density at radius 3 is 2.44 bits per heavy atom. The number of hydrogen-bond donors (Lipinski definition) is 2. The molecule has 2 aliphatic heterocycles. The van der Waals surface area contributed by atoms with Crippen LogP contribution in [0.3, 0.4) is 0 Å². The number of halogens is 2. The van der Waals surface area contributed by atoms with Crippen LogP contribution in [0.1, 0.15) is 34.7 Å². The second-order valence-electron chi connectivity index (χ2n) is 10.8. The molecule has 0 bridgehead atoms. The number of carbonyl (C=O) groups is 5. The van der Waals surface area contributed by atoms with Crippen molar-refractivity contribution in [3.05, 3.63) is 65.2 Å². The van der Waals surface area contributed by atoms with Crippen LogP contribution in [0.4, 0.5) is 5.69 Å². The molecule has 10 nitrogen and oxygen atoms in total. The number of likely N-dealkylation sites (tertiary alicyclic amines) is 1. The third kappa shape index (κ3) is 3.47. The van der Waals surface area contributed by atoms with Crippen molar-refractivity contribution in [1.29, 1.82) is 0 Å². The Hall–Kier alpha value is -3.89. The van der Waals surface area contributed by atoms with Gasteiger partial charge in [0, 0.05) is 18.5 Å². The summed E-state index contributed by atoms with van der Waals surface area (Å²) in [6.07, 6.45) is 1.66. The maximum absolute atomic E-state index is 14.0. The van der Waals surface area contributed by atoms with E-state index in [-0.39, 0.29) is 35.4 Å². The van der Waals surface area contributed by atoms with Crippen LogP contribution in [0.2, 0.25) is 0 Å². The van der Waals surface area contributed by atoms with Crippen LogP contribution in [-0.4, -0.2) is 68.6 Å². The number of nitrogens with zero attached hydrogens (tertiary/aromatic N) is 2. The molecule has 41 heavy (non-hydrogen) atoms. The number of allylic oxidation sites excluding steroid dienone is 2. The highest BCUT2D eigenvalue weighted by atomic mass is 35.5. The predicted octanol–water partition coefficient (Wildman–Crippen LogP) is 3.29. The molecule has 0 spiro atoms. The van der Waals surface area contributed by atoms with Gasteiger partial charge in [-0.2, -0.15) is 0 Å². The van der Waals surface area contributed by atoms with E-state index in [9.17, 15) is 34.2 Å². The van der Waals surface area contributed by atoms with Gasteiger partial charge < -0.3 is 14.9 Å². The number of benzene rings is 2. The maximum atomic E-state index is 14.0. The summed E-state index contributed by atoms with van der Waals surface area (Å²) in [5.74, 6) is -7.32. The number of fused-ring (bicyclic) bond motifs is 4. The number of rotatable bonds is 4. The van der Waals surface area contributed by atoms with E-state index in [1.807, 2.05) is 0 Å². The molecule has 212 valence electrons. The first-order valence-electron chi connectivity index (χ1n) is 12.8. The topological polar surface area (TPSA) is 142 Å². The molecule has 2 aliphatic carbocycles. The number of carbonyl (C=O) groups excluding carboxylic acids is 4. The van der Waals surface area contributed by atoms with Crippen molar-refractivity contribution < 1.29 is 38.9 Å². The molecule has 2 N–H and O–H groups in total. The molecule has 0 radical (unpaired) electrons. The van der Waals surface area contributed by atoms with E-state index >= 15 is 0 Å². The van der Waals surface area contributed by atoms with Crippen molar-refractivity contribution in [2.45, 2.75) is 28.5 Å². The van der Waals surface area contributed by atoms with Gasteiger partial charge >= 0.3 is 5.97 Å². The van der Waals surface area contributed by atoms with Crippen molar-refractivity contribution in [2.24, 2.45) is 17.8 Å². The van der Waals surface area contributed by atoms with Gasteiger partial charge in [0.15, 0.2) is 9.75 Å². The Kier molecular flexibility index (Phi) is 6.03. The summed E-state index contributed by atoms with van der Waals surface area (Å²) in [5, 5.41) is 20.4. The average Bonchev–Trinajstić information content (AvgIpc) is 3.28. The van der Waals surface area contributed by atoms with Crippen molar-refractivity contribution in [2.75, 3.05) is 19.1 Å². The number of alkyl halides is 2. The highest BCUT2D eigenvalue weighted by Gasteiger charge is 2.76. The van der Waals surface area contributed by atoms with Crippen LogP contribution in [0.15, 0.2) is 54.1 Å². The molecule has 6 atom stereocenters. The number of phenolic OH excluding ortho intramolecular Hbond substituents is 1. The Morgan fingerprint density at radius 1 is 1.02 bits per heavy atom. The van der Waals surface area contributed by atoms with E-state index in [1.165, 1.54) is 56.6 Å². The molecule has 2 saturated heterocycles. The largest absolute Gasteiger partial charge is 0.508 e. The lowest BCUT2D eigenvalue weighted by molar-refractivity contribution is -0.138. The third-order valence-electron chi connectivity index (χ3n) is 8.91. The first-order valence-corrected chi connectivity index (χ1v) is 13.6. The fraction of sp³-hybridized carbons (Fsp3) is 0.345. The number of phenols is 1. The molecule has 0 unspecified atom stereocenters. The Bertz CT molecular complexity index is 1610. The molecular formula is C29H24Cl2N2O8. The molecule has 4 amide bonds. The first-order chi connectivity index (χ1) is 19.4. The van der Waals surface area contributed by atoms with Crippen LogP contribution in [0, 0.1) is 17.8 Å². The molecule has 2 aromatic carbocycles. The van der Waals surface area contributed by atoms with Crippen LogP contribution < -0.4 is 9.64 Å². The lowest BCUT2D eigenvalue weighted by atomic mass is 9.56. The lowest BCUT2D eigenvalue weighted by Gasteiger charge is -2.50. The highest BCUT2D eigenvalue weighted by Crippen LogP contribution is 2.66. The summed E-state index contributed by atoms with van der Waals surface area (Å²) in [6, 6.07) is 9.95. The minimum atomic E-state index is -2.04. The van der Waals surface area contributed by atoms with Crippen molar-refractivity contribution in [3.8, 4) is 11.5 Å². The number of amides is 4. The standard InChI is InChI=1S/C29H24Cl2N2O8/c1-32-26(39)28(30)12-19-16(22(29(28,31)27(32)40)18-11-15(41-2)6-9-20(18)34)7-8-17-21(19)24(36)33(23(17)35)14-5-3-4-13(10-14)25(37)38/h3-7,9-11,17,19,21-22,34H,8,12H2,1-2H3,(H,37,38)/t17-,19+,21-,22+,28+,29-/m0/s1. The van der Waals surface area contributed by atoms with E-state index in [1.54, 1.807) is 6.08 Å². The zero-order valence-electron chi connectivity index (χ0n) is 21.8. The summed E-state index contributed by atoms with van der Waals surface area (Å²) >= 11 is 14.2. The summed E-state index contributed by atoms with van der Waals surface area (Å²) < 4.78 is 5.35. The number of aromatic hydroxyl groups is 1. The Balaban J connectivity index is 1.52. The van der Waals surface area contributed by atoms with Gasteiger partial charge in [-0.25, -0.2) is 4.79 Å². The normalized spacial score (nSPS) is 32.4. The Morgan fingerprint density at radius 2 is 1.76 bits per heavy atom. The first kappa shape index (κ1) is 27.3. The second kappa shape index (κ2) is 9.06. The van der Waals surface area contributed by atoms with Gasteiger partial charge in [-0.3, -0.25) is 29.0 Å². The van der Waals surface area contributed by atoms with E-state index in [4.69, 9.17) is 27.9 Å². The number of methoxy groups -OCH3 is 1. The fourth-order valence-electron chi connectivity index (χ4n) is 7.01. The zero-order valence-corrected chi connectivity index (χ0v) is 23.3. The number of anilines is 1. The molecule has 3 fully saturated rings. The molecule has 2 aromatic rings. The summed E-state index contributed by atoms with van der Waals surface area (Å²) in [4.78, 5) is 64.2. The molecule has 6 rings (SSSR count). The van der Waals surface area contributed by atoms with Gasteiger partial charge in [0.1, 0.15) is 11.5 Å². The van der Waals surface area contributed by atoms with Crippen LogP contribution >= 0.6 is 23.2 Å². The van der Waals surface area contributed by atoms with Crippen LogP contribution in [0.5, 0.6) is 11.5 Å². The van der Waals surface area contributed by atoms with Gasteiger partial charge in [-0.1, -0.05) is 17.7 Å². The van der Waals surface area contributed by atoms with Crippen molar-refractivity contribution in [3.63, 3.8) is 0 Å².